The maximum absolute atomic E-state index is 13.0. The number of nitrogens with zero attached hydrogens (tertiary/aromatic N) is 5. The average Bonchev–Trinajstić information content (AvgIpc) is 3.57. The van der Waals surface area contributed by atoms with E-state index in [0.29, 0.717) is 45.5 Å². The number of aromatic amines is 1. The third-order valence-electron chi connectivity index (χ3n) is 5.59. The molecule has 2 aromatic heterocycles. The Hall–Kier alpha value is -4.48. The fourth-order valence-electron chi connectivity index (χ4n) is 3.84. The number of carbonyl (C=O) groups is 2. The van der Waals surface area contributed by atoms with Crippen LogP contribution >= 0.6 is 23.2 Å². The topological polar surface area (TPSA) is 140 Å². The molecule has 0 spiro atoms. The van der Waals surface area contributed by atoms with Gasteiger partial charge in [-0.05, 0) is 47.2 Å². The molecule has 0 saturated heterocycles. The Balaban J connectivity index is 1.42. The summed E-state index contributed by atoms with van der Waals surface area (Å²) in [4.78, 5) is 32.9. The zero-order chi connectivity index (χ0) is 26.5. The van der Waals surface area contributed by atoms with Crippen molar-refractivity contribution in [2.24, 2.45) is 0 Å². The molecule has 4 aromatic rings. The van der Waals surface area contributed by atoms with E-state index >= 15 is 0 Å². The molecule has 0 aliphatic carbocycles. The van der Waals surface area contributed by atoms with Crippen LogP contribution in [-0.2, 0) is 9.53 Å². The van der Waals surface area contributed by atoms with Crippen molar-refractivity contribution >= 4 is 47.0 Å². The van der Waals surface area contributed by atoms with Crippen LogP contribution < -0.4 is 10.6 Å². The number of fused-ring (bicyclic) bond motifs is 4. The van der Waals surface area contributed by atoms with E-state index in [-0.39, 0.29) is 17.7 Å². The second-order valence-corrected chi connectivity index (χ2v) is 8.93. The van der Waals surface area contributed by atoms with Crippen molar-refractivity contribution in [3.05, 3.63) is 88.6 Å². The van der Waals surface area contributed by atoms with E-state index in [4.69, 9.17) is 27.9 Å². The molecule has 2 amide bonds. The van der Waals surface area contributed by atoms with E-state index in [0.717, 1.165) is 0 Å². The second kappa shape index (κ2) is 11.3. The molecule has 0 unspecified atom stereocenters. The summed E-state index contributed by atoms with van der Waals surface area (Å²) < 4.78 is 6.68. The number of imidazole rings is 1. The molecule has 192 valence electrons. The van der Waals surface area contributed by atoms with Crippen LogP contribution in [0.4, 0.5) is 10.5 Å². The third-order valence-corrected chi connectivity index (χ3v) is 6.10. The zero-order valence-electron chi connectivity index (χ0n) is 19.6. The monoisotopic (exact) mass is 550 g/mol. The van der Waals surface area contributed by atoms with Gasteiger partial charge >= 0.3 is 6.09 Å². The fraction of sp³-hybridized carbons (Fsp3) is 0.120. The molecule has 0 fully saturated rings. The quantitative estimate of drug-likeness (QED) is 0.246. The highest BCUT2D eigenvalue weighted by molar-refractivity contribution is 6.32. The standard InChI is InChI=1S/C25H20Cl2N8O3/c26-16-9-10-20(35-14-28-33-34-35)15(13-16)8-11-21(36)29-19-7-3-4-12-38-25(37)30-18-6-2-1-5-17(18)22-23(27)32-24(19)31-22/h1-6,8-11,13-14,19H,7,12H2,(H,29,36)(H,30,37)(H,31,32)/b4-3-,11-8+/t19-/m0/s1. The maximum atomic E-state index is 13.0. The van der Waals surface area contributed by atoms with Gasteiger partial charge in [-0.3, -0.25) is 10.1 Å². The minimum Gasteiger partial charge on any atom is -0.445 e. The molecule has 13 heteroatoms. The molecule has 2 aromatic carbocycles. The minimum atomic E-state index is -0.606. The molecule has 3 heterocycles. The molecule has 3 N–H and O–H groups in total. The molecule has 2 bridgehead atoms. The van der Waals surface area contributed by atoms with Crippen LogP contribution in [0.2, 0.25) is 10.2 Å². The first kappa shape index (κ1) is 25.2. The number of tetrazole rings is 1. The lowest BCUT2D eigenvalue weighted by Gasteiger charge is -2.14. The third kappa shape index (κ3) is 5.74. The maximum Gasteiger partial charge on any atom is 0.411 e. The Kier molecular flexibility index (Phi) is 7.47. The minimum absolute atomic E-state index is 0.0621. The van der Waals surface area contributed by atoms with Crippen LogP contribution in [0, 0.1) is 0 Å². The largest absolute Gasteiger partial charge is 0.445 e. The summed E-state index contributed by atoms with van der Waals surface area (Å²) in [5, 5.41) is 17.6. The number of para-hydroxylation sites is 1. The molecule has 0 radical (unpaired) electrons. The van der Waals surface area contributed by atoms with Gasteiger partial charge in [0, 0.05) is 22.2 Å². The number of benzene rings is 2. The van der Waals surface area contributed by atoms with Crippen LogP contribution in [0.25, 0.3) is 23.0 Å². The lowest BCUT2D eigenvalue weighted by molar-refractivity contribution is -0.117. The predicted molar refractivity (Wildman–Crippen MR) is 142 cm³/mol. The lowest BCUT2D eigenvalue weighted by atomic mass is 10.1. The van der Waals surface area contributed by atoms with E-state index < -0.39 is 12.1 Å². The van der Waals surface area contributed by atoms with Gasteiger partial charge in [-0.1, -0.05) is 53.6 Å². The number of halogens is 2. The lowest BCUT2D eigenvalue weighted by Crippen LogP contribution is -2.27. The summed E-state index contributed by atoms with van der Waals surface area (Å²) in [6, 6.07) is 11.7. The number of rotatable bonds is 4. The Labute approximate surface area is 226 Å². The van der Waals surface area contributed by atoms with Crippen LogP contribution in [0.5, 0.6) is 0 Å². The number of hydrogen-bond donors (Lipinski definition) is 3. The van der Waals surface area contributed by atoms with Gasteiger partial charge in [0.1, 0.15) is 29.6 Å². The zero-order valence-corrected chi connectivity index (χ0v) is 21.1. The Bertz CT molecular complexity index is 1530. The van der Waals surface area contributed by atoms with Gasteiger partial charge in [-0.2, -0.15) is 4.68 Å². The Morgan fingerprint density at radius 3 is 2.89 bits per heavy atom. The fourth-order valence-corrected chi connectivity index (χ4v) is 4.27. The first-order chi connectivity index (χ1) is 18.5. The van der Waals surface area contributed by atoms with Gasteiger partial charge < -0.3 is 15.0 Å². The summed E-state index contributed by atoms with van der Waals surface area (Å²) in [5.41, 5.74) is 2.82. The number of H-pyrrole nitrogens is 1. The molecule has 5 rings (SSSR count). The van der Waals surface area contributed by atoms with Gasteiger partial charge in [-0.25, -0.2) is 9.78 Å². The normalized spacial score (nSPS) is 16.4. The summed E-state index contributed by atoms with van der Waals surface area (Å²) in [5.74, 6) is 0.0766. The molecule has 1 atom stereocenters. The van der Waals surface area contributed by atoms with Crippen molar-refractivity contribution in [3.63, 3.8) is 0 Å². The molecule has 1 aliphatic rings. The highest BCUT2D eigenvalue weighted by atomic mass is 35.5. The highest BCUT2D eigenvalue weighted by Gasteiger charge is 2.22. The Morgan fingerprint density at radius 2 is 2.05 bits per heavy atom. The number of hydrogen-bond acceptors (Lipinski definition) is 7. The van der Waals surface area contributed by atoms with Crippen LogP contribution in [0.3, 0.4) is 0 Å². The number of carbonyl (C=O) groups excluding carboxylic acids is 2. The number of cyclic esters (lactones) is 1. The highest BCUT2D eigenvalue weighted by Crippen LogP contribution is 2.33. The van der Waals surface area contributed by atoms with E-state index in [9.17, 15) is 9.59 Å². The van der Waals surface area contributed by atoms with Crippen molar-refractivity contribution in [2.45, 2.75) is 12.5 Å². The number of aromatic nitrogens is 6. The van der Waals surface area contributed by atoms with E-state index in [1.807, 2.05) is 0 Å². The van der Waals surface area contributed by atoms with Crippen LogP contribution in [-0.4, -0.2) is 48.8 Å². The van der Waals surface area contributed by atoms with E-state index in [2.05, 4.69) is 36.1 Å². The van der Waals surface area contributed by atoms with Crippen molar-refractivity contribution < 1.29 is 14.3 Å². The van der Waals surface area contributed by atoms with Crippen molar-refractivity contribution in [1.29, 1.82) is 0 Å². The van der Waals surface area contributed by atoms with Gasteiger partial charge in [0.15, 0.2) is 0 Å². The van der Waals surface area contributed by atoms with Gasteiger partial charge in [0.2, 0.25) is 5.91 Å². The number of ether oxygens (including phenoxy) is 1. The van der Waals surface area contributed by atoms with Gasteiger partial charge in [0.25, 0.3) is 0 Å². The van der Waals surface area contributed by atoms with Gasteiger partial charge in [-0.15, -0.1) is 5.10 Å². The second-order valence-electron chi connectivity index (χ2n) is 8.11. The summed E-state index contributed by atoms with van der Waals surface area (Å²) in [7, 11) is 0. The van der Waals surface area contributed by atoms with Crippen LogP contribution in [0.1, 0.15) is 23.9 Å². The Morgan fingerprint density at radius 1 is 1.18 bits per heavy atom. The van der Waals surface area contributed by atoms with Crippen molar-refractivity contribution in [3.8, 4) is 16.9 Å². The summed E-state index contributed by atoms with van der Waals surface area (Å²) in [6.07, 6.45) is 7.69. The SMILES string of the molecule is O=C(/C=C/c1cc(Cl)ccc1-n1cnnn1)N[C@H]1C/C=C\COC(=O)Nc2ccccc2-c2nc1[nH]c2Cl. The molecular weight excluding hydrogens is 531 g/mol. The molecule has 11 nitrogen and oxygen atoms in total. The molecular formula is C25H20Cl2N8O3. The van der Waals surface area contributed by atoms with Crippen molar-refractivity contribution in [1.82, 2.24) is 35.5 Å². The van der Waals surface area contributed by atoms with Crippen molar-refractivity contribution in [2.75, 3.05) is 11.9 Å². The first-order valence-corrected chi connectivity index (χ1v) is 12.2. The summed E-state index contributed by atoms with van der Waals surface area (Å²) >= 11 is 12.7. The first-order valence-electron chi connectivity index (χ1n) is 11.4. The summed E-state index contributed by atoms with van der Waals surface area (Å²) in [6.45, 7) is 0.0621. The van der Waals surface area contributed by atoms with Crippen LogP contribution in [0.15, 0.2) is 67.0 Å². The van der Waals surface area contributed by atoms with E-state index in [1.165, 1.54) is 17.1 Å². The molecule has 0 saturated carbocycles. The molecule has 38 heavy (non-hydrogen) atoms. The average molecular weight is 551 g/mol. The number of anilines is 1. The molecule has 1 aliphatic heterocycles. The number of amides is 2. The smallest absolute Gasteiger partial charge is 0.411 e. The predicted octanol–water partition coefficient (Wildman–Crippen LogP) is 4.74. The van der Waals surface area contributed by atoms with Gasteiger partial charge in [0.05, 0.1) is 17.4 Å². The number of nitrogens with one attached hydrogen (secondary N) is 3. The van der Waals surface area contributed by atoms with E-state index in [1.54, 1.807) is 60.7 Å².